The van der Waals surface area contributed by atoms with E-state index in [1.165, 1.54) is 0 Å². The normalized spacial score (nSPS) is 11.6. The molecule has 0 spiro atoms. The Morgan fingerprint density at radius 1 is 1.08 bits per heavy atom. The van der Waals surface area contributed by atoms with Gasteiger partial charge in [0.05, 0.1) is 7.11 Å². The van der Waals surface area contributed by atoms with Crippen molar-refractivity contribution in [2.24, 2.45) is 0 Å². The van der Waals surface area contributed by atoms with Gasteiger partial charge in [-0.1, -0.05) is 12.1 Å². The van der Waals surface area contributed by atoms with Crippen LogP contribution in [0.15, 0.2) is 48.5 Å². The average molecular weight is 328 g/mol. The van der Waals surface area contributed by atoms with Crippen LogP contribution in [-0.2, 0) is 11.2 Å². The van der Waals surface area contributed by atoms with Crippen molar-refractivity contribution < 1.29 is 14.6 Å². The lowest BCUT2D eigenvalue weighted by atomic mass is 10.1. The number of rotatable bonds is 8. The summed E-state index contributed by atoms with van der Waals surface area (Å²) in [6, 6.07) is 15.1. The summed E-state index contributed by atoms with van der Waals surface area (Å²) in [5, 5.41) is 15.1. The van der Waals surface area contributed by atoms with E-state index in [-0.39, 0.29) is 18.6 Å². The van der Waals surface area contributed by atoms with Gasteiger partial charge in [-0.05, 0) is 55.3 Å². The van der Waals surface area contributed by atoms with Crippen LogP contribution in [-0.4, -0.2) is 30.8 Å². The minimum Gasteiger partial charge on any atom is -0.497 e. The van der Waals surface area contributed by atoms with Gasteiger partial charge in [0.1, 0.15) is 5.75 Å². The van der Waals surface area contributed by atoms with Crippen LogP contribution in [0.3, 0.4) is 0 Å². The van der Waals surface area contributed by atoms with Crippen LogP contribution in [0.25, 0.3) is 0 Å². The first-order valence-electron chi connectivity index (χ1n) is 8.01. The second-order valence-electron chi connectivity index (χ2n) is 5.70. The van der Waals surface area contributed by atoms with Gasteiger partial charge in [0.15, 0.2) is 0 Å². The highest BCUT2D eigenvalue weighted by Gasteiger charge is 2.09. The van der Waals surface area contributed by atoms with Crippen molar-refractivity contribution >= 4 is 17.3 Å². The number of nitrogens with one attached hydrogen (secondary N) is 2. The number of ether oxygens (including phenoxy) is 1. The fourth-order valence-electron chi connectivity index (χ4n) is 2.40. The van der Waals surface area contributed by atoms with Gasteiger partial charge in [0.25, 0.3) is 0 Å². The molecular weight excluding hydrogens is 304 g/mol. The Morgan fingerprint density at radius 3 is 2.29 bits per heavy atom. The third kappa shape index (κ3) is 5.59. The lowest BCUT2D eigenvalue weighted by molar-refractivity contribution is -0.116. The van der Waals surface area contributed by atoms with Gasteiger partial charge in [0, 0.05) is 30.4 Å². The summed E-state index contributed by atoms with van der Waals surface area (Å²) >= 11 is 0. The second-order valence-corrected chi connectivity index (χ2v) is 5.70. The lowest BCUT2D eigenvalue weighted by Crippen LogP contribution is -2.23. The summed E-state index contributed by atoms with van der Waals surface area (Å²) in [5.41, 5.74) is 2.80. The van der Waals surface area contributed by atoms with E-state index in [0.29, 0.717) is 12.8 Å². The molecule has 1 unspecified atom stereocenters. The standard InChI is InChI=1S/C19H24N2O3/c1-14(20-16-5-3-15(4-6-16)11-12-22)13-19(23)21-17-7-9-18(24-2)10-8-17/h3-10,14,20,22H,11-13H2,1-2H3,(H,21,23). The van der Waals surface area contributed by atoms with Gasteiger partial charge < -0.3 is 20.5 Å². The maximum Gasteiger partial charge on any atom is 0.226 e. The first-order valence-corrected chi connectivity index (χ1v) is 8.01. The van der Waals surface area contributed by atoms with E-state index in [4.69, 9.17) is 9.84 Å². The van der Waals surface area contributed by atoms with E-state index < -0.39 is 0 Å². The molecule has 0 saturated carbocycles. The number of anilines is 2. The first kappa shape index (κ1) is 17.8. The molecule has 1 atom stereocenters. The van der Waals surface area contributed by atoms with Gasteiger partial charge >= 0.3 is 0 Å². The minimum atomic E-state index is -0.0444. The fraction of sp³-hybridized carbons (Fsp3) is 0.316. The van der Waals surface area contributed by atoms with E-state index in [1.54, 1.807) is 7.11 Å². The molecular formula is C19H24N2O3. The van der Waals surface area contributed by atoms with Gasteiger partial charge in [-0.2, -0.15) is 0 Å². The van der Waals surface area contributed by atoms with Gasteiger partial charge in [0.2, 0.25) is 5.91 Å². The predicted molar refractivity (Wildman–Crippen MR) is 96.6 cm³/mol. The second kappa shape index (κ2) is 8.93. The molecule has 24 heavy (non-hydrogen) atoms. The molecule has 1 amide bonds. The highest BCUT2D eigenvalue weighted by Crippen LogP contribution is 2.16. The van der Waals surface area contributed by atoms with Crippen molar-refractivity contribution in [3.8, 4) is 5.75 Å². The van der Waals surface area contributed by atoms with Crippen molar-refractivity contribution in [3.05, 3.63) is 54.1 Å². The van der Waals surface area contributed by atoms with Crippen LogP contribution in [0.4, 0.5) is 11.4 Å². The summed E-state index contributed by atoms with van der Waals surface area (Å²) < 4.78 is 5.09. The van der Waals surface area contributed by atoms with E-state index in [2.05, 4.69) is 10.6 Å². The molecule has 0 aliphatic carbocycles. The lowest BCUT2D eigenvalue weighted by Gasteiger charge is -2.15. The number of hydrogen-bond acceptors (Lipinski definition) is 4. The van der Waals surface area contributed by atoms with Crippen molar-refractivity contribution in [2.75, 3.05) is 24.4 Å². The number of methoxy groups -OCH3 is 1. The van der Waals surface area contributed by atoms with E-state index in [1.807, 2.05) is 55.5 Å². The quantitative estimate of drug-likeness (QED) is 0.696. The first-order chi connectivity index (χ1) is 11.6. The molecule has 3 N–H and O–H groups in total. The summed E-state index contributed by atoms with van der Waals surface area (Å²) in [6.45, 7) is 2.12. The molecule has 2 aromatic rings. The molecule has 0 aromatic heterocycles. The zero-order chi connectivity index (χ0) is 17.4. The van der Waals surface area contributed by atoms with Crippen LogP contribution >= 0.6 is 0 Å². The number of carbonyl (C=O) groups is 1. The Kier molecular flexibility index (Phi) is 6.63. The van der Waals surface area contributed by atoms with Crippen molar-refractivity contribution in [1.82, 2.24) is 0 Å². The third-order valence-electron chi connectivity index (χ3n) is 3.63. The number of aliphatic hydroxyl groups excluding tert-OH is 1. The van der Waals surface area contributed by atoms with Crippen molar-refractivity contribution in [3.63, 3.8) is 0 Å². The van der Waals surface area contributed by atoms with E-state index in [0.717, 1.165) is 22.7 Å². The molecule has 0 aliphatic heterocycles. The molecule has 0 saturated heterocycles. The Labute approximate surface area is 142 Å². The Balaban J connectivity index is 1.82. The summed E-state index contributed by atoms with van der Waals surface area (Å²) in [5.74, 6) is 0.713. The van der Waals surface area contributed by atoms with Gasteiger partial charge in [-0.15, -0.1) is 0 Å². The number of carbonyl (C=O) groups excluding carboxylic acids is 1. The van der Waals surface area contributed by atoms with Crippen LogP contribution in [0, 0.1) is 0 Å². The smallest absolute Gasteiger partial charge is 0.226 e. The van der Waals surface area contributed by atoms with E-state index in [9.17, 15) is 4.79 Å². The molecule has 5 nitrogen and oxygen atoms in total. The number of aliphatic hydroxyl groups is 1. The van der Waals surface area contributed by atoms with Crippen LogP contribution in [0.1, 0.15) is 18.9 Å². The van der Waals surface area contributed by atoms with Crippen molar-refractivity contribution in [2.45, 2.75) is 25.8 Å². The maximum atomic E-state index is 12.1. The molecule has 0 heterocycles. The topological polar surface area (TPSA) is 70.6 Å². The molecule has 5 heteroatoms. The van der Waals surface area contributed by atoms with Crippen LogP contribution in [0.2, 0.25) is 0 Å². The number of benzene rings is 2. The highest BCUT2D eigenvalue weighted by molar-refractivity contribution is 5.91. The average Bonchev–Trinajstić information content (AvgIpc) is 2.57. The highest BCUT2D eigenvalue weighted by atomic mass is 16.5. The molecule has 0 bridgehead atoms. The van der Waals surface area contributed by atoms with Crippen molar-refractivity contribution in [1.29, 1.82) is 0 Å². The number of hydrogen-bond donors (Lipinski definition) is 3. The number of amides is 1. The molecule has 128 valence electrons. The zero-order valence-electron chi connectivity index (χ0n) is 14.1. The predicted octanol–water partition coefficient (Wildman–Crippen LogP) is 3.06. The Hall–Kier alpha value is -2.53. The van der Waals surface area contributed by atoms with E-state index >= 15 is 0 Å². The fourth-order valence-corrected chi connectivity index (χ4v) is 2.40. The molecule has 0 aliphatic rings. The molecule has 2 aromatic carbocycles. The maximum absolute atomic E-state index is 12.1. The minimum absolute atomic E-state index is 0.00643. The Morgan fingerprint density at radius 2 is 1.71 bits per heavy atom. The largest absolute Gasteiger partial charge is 0.497 e. The van der Waals surface area contributed by atoms with Crippen LogP contribution in [0.5, 0.6) is 5.75 Å². The molecule has 2 rings (SSSR count). The summed E-state index contributed by atoms with van der Waals surface area (Å²) in [6.07, 6.45) is 1.02. The monoisotopic (exact) mass is 328 g/mol. The van der Waals surface area contributed by atoms with Crippen LogP contribution < -0.4 is 15.4 Å². The summed E-state index contributed by atoms with van der Waals surface area (Å²) in [4.78, 5) is 12.1. The zero-order valence-corrected chi connectivity index (χ0v) is 14.1. The SMILES string of the molecule is COc1ccc(NC(=O)CC(C)Nc2ccc(CCO)cc2)cc1. The summed E-state index contributed by atoms with van der Waals surface area (Å²) in [7, 11) is 1.61. The van der Waals surface area contributed by atoms with Gasteiger partial charge in [-0.25, -0.2) is 0 Å². The third-order valence-corrected chi connectivity index (χ3v) is 3.63. The Bertz CT molecular complexity index is 639. The van der Waals surface area contributed by atoms with Gasteiger partial charge in [-0.3, -0.25) is 4.79 Å². The molecule has 0 radical (unpaired) electrons. The molecule has 0 fully saturated rings.